The molecule has 0 saturated carbocycles. The van der Waals surface area contributed by atoms with E-state index in [2.05, 4.69) is 5.16 Å². The number of amidine groups is 1. The number of hydrogen-bond donors (Lipinski definition) is 2. The Morgan fingerprint density at radius 3 is 2.57 bits per heavy atom. The second-order valence-corrected chi connectivity index (χ2v) is 6.82. The molecule has 1 rings (SSSR count). The molecule has 1 aromatic rings. The Bertz CT molecular complexity index is 630. The van der Waals surface area contributed by atoms with E-state index in [0.717, 1.165) is 6.07 Å². The molecule has 0 fully saturated rings. The number of sulfonamides is 1. The first-order valence-corrected chi connectivity index (χ1v) is 7.88. The van der Waals surface area contributed by atoms with E-state index in [1.165, 1.54) is 23.4 Å². The molecule has 6 nitrogen and oxygen atoms in total. The van der Waals surface area contributed by atoms with E-state index in [1.54, 1.807) is 13.8 Å². The van der Waals surface area contributed by atoms with Crippen molar-refractivity contribution in [1.29, 1.82) is 0 Å². The SMILES string of the molecule is Cc1cc(F)ccc1S(=O)(=O)N(CCC(N)=NO)C(C)C. The number of oxime groups is 1. The zero-order valence-electron chi connectivity index (χ0n) is 12.2. The molecular formula is C13H20FN3O3S. The van der Waals surface area contributed by atoms with Crippen LogP contribution >= 0.6 is 0 Å². The standard InChI is InChI=1S/C13H20FN3O3S/c1-9(2)17(7-6-13(15)16-18)21(19,20)12-5-4-11(14)8-10(12)3/h4-5,8-9,18H,6-7H2,1-3H3,(H2,15,16). The normalized spacial score (nSPS) is 13.1. The first kappa shape index (κ1) is 17.4. The summed E-state index contributed by atoms with van der Waals surface area (Å²) in [5.74, 6) is -0.536. The second-order valence-electron chi connectivity index (χ2n) is 4.96. The zero-order chi connectivity index (χ0) is 16.2. The van der Waals surface area contributed by atoms with Crippen molar-refractivity contribution in [2.45, 2.75) is 38.1 Å². The van der Waals surface area contributed by atoms with Gasteiger partial charge >= 0.3 is 0 Å². The molecular weight excluding hydrogens is 297 g/mol. The topological polar surface area (TPSA) is 96.0 Å². The Hall–Kier alpha value is -1.67. The summed E-state index contributed by atoms with van der Waals surface area (Å²) in [7, 11) is -3.78. The maximum Gasteiger partial charge on any atom is 0.243 e. The highest BCUT2D eigenvalue weighted by atomic mass is 32.2. The summed E-state index contributed by atoms with van der Waals surface area (Å²) in [6.45, 7) is 5.07. The molecule has 0 aliphatic heterocycles. The summed E-state index contributed by atoms with van der Waals surface area (Å²) in [6, 6.07) is 3.22. The van der Waals surface area contributed by atoms with E-state index in [4.69, 9.17) is 10.9 Å². The van der Waals surface area contributed by atoms with Crippen LogP contribution in [0.5, 0.6) is 0 Å². The number of nitrogens with zero attached hydrogens (tertiary/aromatic N) is 2. The Balaban J connectivity index is 3.16. The number of rotatable bonds is 6. The van der Waals surface area contributed by atoms with Crippen molar-refractivity contribution < 1.29 is 18.0 Å². The molecule has 8 heteroatoms. The van der Waals surface area contributed by atoms with Crippen LogP contribution in [0.15, 0.2) is 28.3 Å². The Kier molecular flexibility index (Phi) is 5.68. The minimum atomic E-state index is -3.78. The highest BCUT2D eigenvalue weighted by Crippen LogP contribution is 2.22. The van der Waals surface area contributed by atoms with Gasteiger partial charge in [-0.1, -0.05) is 5.16 Å². The molecule has 0 aliphatic rings. The van der Waals surface area contributed by atoms with Crippen LogP contribution in [-0.2, 0) is 10.0 Å². The summed E-state index contributed by atoms with van der Waals surface area (Å²) < 4.78 is 39.7. The predicted molar refractivity (Wildman–Crippen MR) is 78.2 cm³/mol. The Morgan fingerprint density at radius 1 is 1.48 bits per heavy atom. The van der Waals surface area contributed by atoms with Crippen molar-refractivity contribution in [3.63, 3.8) is 0 Å². The lowest BCUT2D eigenvalue weighted by molar-refractivity contribution is 0.313. The van der Waals surface area contributed by atoms with Gasteiger partial charge in [0.15, 0.2) is 0 Å². The van der Waals surface area contributed by atoms with Crippen molar-refractivity contribution in [2.24, 2.45) is 10.9 Å². The number of nitrogens with two attached hydrogens (primary N) is 1. The molecule has 3 N–H and O–H groups in total. The Morgan fingerprint density at radius 2 is 2.10 bits per heavy atom. The van der Waals surface area contributed by atoms with Gasteiger partial charge in [0.25, 0.3) is 0 Å². The highest BCUT2D eigenvalue weighted by Gasteiger charge is 2.28. The zero-order valence-corrected chi connectivity index (χ0v) is 13.1. The summed E-state index contributed by atoms with van der Waals surface area (Å²) in [4.78, 5) is 0.0529. The lowest BCUT2D eigenvalue weighted by atomic mass is 10.2. The van der Waals surface area contributed by atoms with Crippen molar-refractivity contribution in [3.05, 3.63) is 29.6 Å². The lowest BCUT2D eigenvalue weighted by Crippen LogP contribution is -2.39. The molecule has 0 aromatic heterocycles. The van der Waals surface area contributed by atoms with Gasteiger partial charge in [0.2, 0.25) is 10.0 Å². The summed E-state index contributed by atoms with van der Waals surface area (Å²) in [5, 5.41) is 11.4. The molecule has 0 unspecified atom stereocenters. The van der Waals surface area contributed by atoms with Gasteiger partial charge in [-0.25, -0.2) is 12.8 Å². The van der Waals surface area contributed by atoms with E-state index in [9.17, 15) is 12.8 Å². The molecule has 0 atom stereocenters. The third-order valence-corrected chi connectivity index (χ3v) is 5.25. The fourth-order valence-corrected chi connectivity index (χ4v) is 3.80. The third kappa shape index (κ3) is 4.15. The van der Waals surface area contributed by atoms with Crippen LogP contribution in [0, 0.1) is 12.7 Å². The van der Waals surface area contributed by atoms with Crippen molar-refractivity contribution in [2.75, 3.05) is 6.54 Å². The van der Waals surface area contributed by atoms with Crippen LogP contribution in [-0.4, -0.2) is 36.4 Å². The van der Waals surface area contributed by atoms with Gasteiger partial charge in [-0.3, -0.25) is 0 Å². The first-order chi connectivity index (χ1) is 9.70. The smallest absolute Gasteiger partial charge is 0.243 e. The van der Waals surface area contributed by atoms with Gasteiger partial charge < -0.3 is 10.9 Å². The Labute approximate surface area is 124 Å². The average molecular weight is 317 g/mol. The molecule has 118 valence electrons. The van der Waals surface area contributed by atoms with E-state index in [0.29, 0.717) is 5.56 Å². The number of benzene rings is 1. The summed E-state index contributed by atoms with van der Waals surface area (Å²) in [6.07, 6.45) is 0.105. The quantitative estimate of drug-likeness (QED) is 0.361. The molecule has 0 heterocycles. The monoisotopic (exact) mass is 317 g/mol. The van der Waals surface area contributed by atoms with Gasteiger partial charge in [0.05, 0.1) is 4.90 Å². The van der Waals surface area contributed by atoms with E-state index >= 15 is 0 Å². The van der Waals surface area contributed by atoms with Crippen molar-refractivity contribution in [1.82, 2.24) is 4.31 Å². The molecule has 0 bridgehead atoms. The minimum absolute atomic E-state index is 0.0494. The molecule has 0 aliphatic carbocycles. The van der Waals surface area contributed by atoms with E-state index in [-0.39, 0.29) is 29.7 Å². The van der Waals surface area contributed by atoms with Crippen LogP contribution in [0.25, 0.3) is 0 Å². The highest BCUT2D eigenvalue weighted by molar-refractivity contribution is 7.89. The minimum Gasteiger partial charge on any atom is -0.409 e. The van der Waals surface area contributed by atoms with E-state index in [1.807, 2.05) is 0 Å². The molecule has 21 heavy (non-hydrogen) atoms. The fraction of sp³-hybridized carbons (Fsp3) is 0.462. The summed E-state index contributed by atoms with van der Waals surface area (Å²) >= 11 is 0. The van der Waals surface area contributed by atoms with Gasteiger partial charge in [-0.2, -0.15) is 4.31 Å². The predicted octanol–water partition coefficient (Wildman–Crippen LogP) is 1.67. The third-order valence-electron chi connectivity index (χ3n) is 3.02. The molecule has 0 saturated heterocycles. The molecule has 0 radical (unpaired) electrons. The lowest BCUT2D eigenvalue weighted by Gasteiger charge is -2.26. The first-order valence-electron chi connectivity index (χ1n) is 6.44. The second kappa shape index (κ2) is 6.86. The molecule has 1 aromatic carbocycles. The molecule has 0 spiro atoms. The molecule has 0 amide bonds. The average Bonchev–Trinajstić information content (AvgIpc) is 2.37. The van der Waals surface area contributed by atoms with Crippen molar-refractivity contribution >= 4 is 15.9 Å². The van der Waals surface area contributed by atoms with Crippen LogP contribution in [0.4, 0.5) is 4.39 Å². The van der Waals surface area contributed by atoms with Crippen LogP contribution in [0.3, 0.4) is 0 Å². The maximum absolute atomic E-state index is 13.1. The number of halogens is 1. The van der Waals surface area contributed by atoms with Gasteiger partial charge in [-0.05, 0) is 44.5 Å². The van der Waals surface area contributed by atoms with Gasteiger partial charge in [-0.15, -0.1) is 0 Å². The van der Waals surface area contributed by atoms with Crippen molar-refractivity contribution in [3.8, 4) is 0 Å². The van der Waals surface area contributed by atoms with Crippen LogP contribution in [0.1, 0.15) is 25.8 Å². The van der Waals surface area contributed by atoms with Gasteiger partial charge in [0, 0.05) is 19.0 Å². The number of hydrogen-bond acceptors (Lipinski definition) is 4. The van der Waals surface area contributed by atoms with Crippen LogP contribution in [0.2, 0.25) is 0 Å². The number of aryl methyl sites for hydroxylation is 1. The fourth-order valence-electron chi connectivity index (χ4n) is 1.96. The maximum atomic E-state index is 13.1. The van der Waals surface area contributed by atoms with E-state index < -0.39 is 15.8 Å². The summed E-state index contributed by atoms with van der Waals surface area (Å²) in [5.41, 5.74) is 5.72. The van der Waals surface area contributed by atoms with Gasteiger partial charge in [0.1, 0.15) is 11.7 Å². The largest absolute Gasteiger partial charge is 0.409 e. The van der Waals surface area contributed by atoms with Crippen LogP contribution < -0.4 is 5.73 Å².